The molecular formula is C18H15ClN2O2. The van der Waals surface area contributed by atoms with Crippen molar-refractivity contribution < 1.29 is 9.59 Å². The van der Waals surface area contributed by atoms with Gasteiger partial charge in [0, 0.05) is 5.02 Å². The zero-order chi connectivity index (χ0) is 15.7. The van der Waals surface area contributed by atoms with Crippen molar-refractivity contribution in [2.45, 2.75) is 6.42 Å². The Morgan fingerprint density at radius 1 is 1.00 bits per heavy atom. The van der Waals surface area contributed by atoms with E-state index in [2.05, 4.69) is 17.3 Å². The summed E-state index contributed by atoms with van der Waals surface area (Å²) in [6.45, 7) is 0. The van der Waals surface area contributed by atoms with Gasteiger partial charge in [0.1, 0.15) is 0 Å². The summed E-state index contributed by atoms with van der Waals surface area (Å²) in [6.07, 6.45) is 7.05. The van der Waals surface area contributed by atoms with Crippen LogP contribution in [0.3, 0.4) is 0 Å². The van der Waals surface area contributed by atoms with E-state index in [1.165, 1.54) is 6.42 Å². The second-order valence-corrected chi connectivity index (χ2v) is 7.38. The molecule has 23 heavy (non-hydrogen) atoms. The first kappa shape index (κ1) is 13.5. The third kappa shape index (κ3) is 1.81. The number of imide groups is 1. The third-order valence-electron chi connectivity index (χ3n) is 5.83. The fourth-order valence-electron chi connectivity index (χ4n) is 4.73. The van der Waals surface area contributed by atoms with Crippen molar-refractivity contribution >= 4 is 29.6 Å². The minimum Gasteiger partial charge on any atom is -0.272 e. The molecule has 0 spiro atoms. The summed E-state index contributed by atoms with van der Waals surface area (Å²) in [5.74, 6) is 1.06. The molecule has 2 bridgehead atoms. The van der Waals surface area contributed by atoms with Gasteiger partial charge in [-0.1, -0.05) is 35.9 Å². The van der Waals surface area contributed by atoms with Gasteiger partial charge in [0.05, 0.1) is 18.1 Å². The molecule has 5 aliphatic rings. The summed E-state index contributed by atoms with van der Waals surface area (Å²) in [5.41, 5.74) is 0.814. The molecule has 5 heteroatoms. The highest BCUT2D eigenvalue weighted by atomic mass is 35.5. The predicted octanol–water partition coefficient (Wildman–Crippen LogP) is 2.73. The standard InChI is InChI=1S/C18H15ClN2O2/c19-10-3-1-9(2-4-10)8-20-21-17(22)15-11-5-6-12(14-7-13(11)14)16(15)18(21)23/h1-6,8,11-16H,7H2/b20-8-/t11-,12-,13-,14+,15+,16+/m0/s1. The first-order chi connectivity index (χ1) is 11.1. The van der Waals surface area contributed by atoms with Crippen molar-refractivity contribution in [2.75, 3.05) is 0 Å². The van der Waals surface area contributed by atoms with E-state index in [0.717, 1.165) is 10.6 Å². The number of hydrogen-bond acceptors (Lipinski definition) is 3. The van der Waals surface area contributed by atoms with Crippen molar-refractivity contribution in [1.29, 1.82) is 0 Å². The number of amides is 2. The first-order valence-electron chi connectivity index (χ1n) is 8.01. The molecule has 1 aromatic carbocycles. The number of benzene rings is 1. The minimum atomic E-state index is -0.191. The summed E-state index contributed by atoms with van der Waals surface area (Å²) in [4.78, 5) is 25.4. The molecule has 1 aliphatic heterocycles. The molecule has 116 valence electrons. The Bertz CT molecular complexity index is 734. The lowest BCUT2D eigenvalue weighted by molar-refractivity contribution is -0.140. The third-order valence-corrected chi connectivity index (χ3v) is 6.08. The van der Waals surface area contributed by atoms with Gasteiger partial charge in [0.15, 0.2) is 0 Å². The first-order valence-corrected chi connectivity index (χ1v) is 8.38. The molecule has 3 fully saturated rings. The Labute approximate surface area is 138 Å². The predicted molar refractivity (Wildman–Crippen MR) is 85.6 cm³/mol. The number of hydrazone groups is 1. The Morgan fingerprint density at radius 3 is 2.13 bits per heavy atom. The summed E-state index contributed by atoms with van der Waals surface area (Å²) >= 11 is 5.85. The maximum atomic E-state index is 12.7. The number of carbonyl (C=O) groups is 2. The molecule has 0 unspecified atom stereocenters. The minimum absolute atomic E-state index is 0.130. The molecule has 4 aliphatic carbocycles. The molecular weight excluding hydrogens is 312 g/mol. The van der Waals surface area contributed by atoms with Crippen LogP contribution in [0.15, 0.2) is 41.5 Å². The molecule has 1 aromatic rings. The van der Waals surface area contributed by atoms with E-state index in [4.69, 9.17) is 11.6 Å². The van der Waals surface area contributed by atoms with Gasteiger partial charge in [0.25, 0.3) is 11.8 Å². The van der Waals surface area contributed by atoms with Crippen molar-refractivity contribution in [2.24, 2.45) is 40.6 Å². The number of allylic oxidation sites excluding steroid dienone is 2. The van der Waals surface area contributed by atoms with Crippen molar-refractivity contribution in [3.8, 4) is 0 Å². The van der Waals surface area contributed by atoms with Crippen molar-refractivity contribution in [1.82, 2.24) is 5.01 Å². The van der Waals surface area contributed by atoms with E-state index in [0.29, 0.717) is 16.9 Å². The Balaban J connectivity index is 1.44. The number of rotatable bonds is 2. The fourth-order valence-corrected chi connectivity index (χ4v) is 4.85. The molecule has 0 aromatic heterocycles. The molecule has 2 saturated carbocycles. The number of hydrogen-bond donors (Lipinski definition) is 0. The number of carbonyl (C=O) groups excluding carboxylic acids is 2. The molecule has 0 N–H and O–H groups in total. The average Bonchev–Trinajstić information content (AvgIpc) is 3.33. The topological polar surface area (TPSA) is 49.7 Å². The van der Waals surface area contributed by atoms with Crippen LogP contribution in [0.4, 0.5) is 0 Å². The Kier molecular flexibility index (Phi) is 2.66. The summed E-state index contributed by atoms with van der Waals surface area (Å²) < 4.78 is 0. The van der Waals surface area contributed by atoms with Crippen LogP contribution < -0.4 is 0 Å². The van der Waals surface area contributed by atoms with Crippen LogP contribution in [0.25, 0.3) is 0 Å². The Morgan fingerprint density at radius 2 is 1.57 bits per heavy atom. The van der Waals surface area contributed by atoms with E-state index in [1.807, 2.05) is 12.1 Å². The van der Waals surface area contributed by atoms with Gasteiger partial charge in [-0.15, -0.1) is 0 Å². The summed E-state index contributed by atoms with van der Waals surface area (Å²) in [5, 5.41) is 5.93. The average molecular weight is 327 g/mol. The van der Waals surface area contributed by atoms with E-state index in [1.54, 1.807) is 18.3 Å². The molecule has 1 heterocycles. The lowest BCUT2D eigenvalue weighted by Gasteiger charge is -2.37. The smallest absolute Gasteiger partial charge is 0.254 e. The van der Waals surface area contributed by atoms with Gasteiger partial charge < -0.3 is 0 Å². The van der Waals surface area contributed by atoms with Crippen LogP contribution in [0.1, 0.15) is 12.0 Å². The fraction of sp³-hybridized carbons (Fsp3) is 0.389. The van der Waals surface area contributed by atoms with E-state index < -0.39 is 0 Å². The van der Waals surface area contributed by atoms with Crippen LogP contribution in [0, 0.1) is 35.5 Å². The maximum Gasteiger partial charge on any atom is 0.254 e. The molecule has 1 saturated heterocycles. The summed E-state index contributed by atoms with van der Waals surface area (Å²) in [6, 6.07) is 7.14. The van der Waals surface area contributed by atoms with Crippen LogP contribution in [0.2, 0.25) is 5.02 Å². The SMILES string of the molecule is O=C1[C@@H]2[C@H]3C=C[C@@H]([C@@H]4C[C@H]34)[C@H]2C(=O)N1/N=C\c1ccc(Cl)cc1. The number of nitrogens with zero attached hydrogens (tertiary/aromatic N) is 2. The van der Waals surface area contributed by atoms with Crippen molar-refractivity contribution in [3.05, 3.63) is 47.0 Å². The van der Waals surface area contributed by atoms with E-state index in [-0.39, 0.29) is 35.5 Å². The van der Waals surface area contributed by atoms with Crippen LogP contribution in [-0.2, 0) is 9.59 Å². The second kappa shape index (κ2) is 4.54. The van der Waals surface area contributed by atoms with Gasteiger partial charge in [-0.2, -0.15) is 10.1 Å². The largest absolute Gasteiger partial charge is 0.272 e. The Hall–Kier alpha value is -1.94. The van der Waals surface area contributed by atoms with Gasteiger partial charge >= 0.3 is 0 Å². The summed E-state index contributed by atoms with van der Waals surface area (Å²) in [7, 11) is 0. The normalized spacial score (nSPS) is 40.0. The zero-order valence-corrected chi connectivity index (χ0v) is 13.1. The van der Waals surface area contributed by atoms with Gasteiger partial charge in [-0.3, -0.25) is 9.59 Å². The molecule has 4 nitrogen and oxygen atoms in total. The lowest BCUT2D eigenvalue weighted by Crippen LogP contribution is -2.40. The second-order valence-electron chi connectivity index (χ2n) is 6.94. The highest BCUT2D eigenvalue weighted by molar-refractivity contribution is 6.30. The van der Waals surface area contributed by atoms with Crippen LogP contribution in [-0.4, -0.2) is 23.0 Å². The van der Waals surface area contributed by atoms with E-state index >= 15 is 0 Å². The molecule has 0 radical (unpaired) electrons. The molecule has 6 rings (SSSR count). The van der Waals surface area contributed by atoms with Gasteiger partial charge in [-0.25, -0.2) is 0 Å². The zero-order valence-electron chi connectivity index (χ0n) is 12.3. The van der Waals surface area contributed by atoms with Crippen molar-refractivity contribution in [3.63, 3.8) is 0 Å². The molecule has 6 atom stereocenters. The highest BCUT2D eigenvalue weighted by Gasteiger charge is 2.67. The quantitative estimate of drug-likeness (QED) is 0.476. The van der Waals surface area contributed by atoms with Gasteiger partial charge in [-0.05, 0) is 47.8 Å². The lowest BCUT2D eigenvalue weighted by atomic mass is 9.63. The highest BCUT2D eigenvalue weighted by Crippen LogP contribution is 2.65. The van der Waals surface area contributed by atoms with Gasteiger partial charge in [0.2, 0.25) is 0 Å². The number of halogens is 1. The van der Waals surface area contributed by atoms with Crippen LogP contribution >= 0.6 is 11.6 Å². The van der Waals surface area contributed by atoms with E-state index in [9.17, 15) is 9.59 Å². The maximum absolute atomic E-state index is 12.7. The van der Waals surface area contributed by atoms with Crippen LogP contribution in [0.5, 0.6) is 0 Å². The molecule has 2 amide bonds. The monoisotopic (exact) mass is 326 g/mol.